The van der Waals surface area contributed by atoms with Crippen molar-refractivity contribution >= 4 is 33.3 Å². The molecule has 0 saturated heterocycles. The zero-order chi connectivity index (χ0) is 17.4. The number of thiophene rings is 1. The lowest BCUT2D eigenvalue weighted by atomic mass is 10.1. The van der Waals surface area contributed by atoms with Crippen LogP contribution in [-0.2, 0) is 5.75 Å². The first kappa shape index (κ1) is 16.2. The Kier molecular flexibility index (Phi) is 4.27. The van der Waals surface area contributed by atoms with E-state index < -0.39 is 0 Å². The van der Waals surface area contributed by atoms with E-state index in [4.69, 9.17) is 4.42 Å². The van der Waals surface area contributed by atoms with Crippen LogP contribution >= 0.6 is 23.1 Å². The molecule has 1 aromatic carbocycles. The third-order valence-electron chi connectivity index (χ3n) is 3.99. The molecule has 0 aliphatic carbocycles. The maximum atomic E-state index is 5.81. The van der Waals surface area contributed by atoms with Gasteiger partial charge in [0.15, 0.2) is 0 Å². The van der Waals surface area contributed by atoms with Gasteiger partial charge in [-0.3, -0.25) is 0 Å². The molecular weight excluding hydrogens is 352 g/mol. The molecule has 0 radical (unpaired) electrons. The highest BCUT2D eigenvalue weighted by Crippen LogP contribution is 2.35. The molecule has 0 N–H and O–H groups in total. The fraction of sp³-hybridized carbons (Fsp3) is 0.222. The predicted molar refractivity (Wildman–Crippen MR) is 101 cm³/mol. The standard InChI is InChI=1S/C18H16N4OS2/c1-10-5-4-6-13(7-10)16-22-21-14(23-16)8-24-17-15-11(2)12(3)25-18(15)20-9-19-17/h4-7,9H,8H2,1-3H3. The van der Waals surface area contributed by atoms with Crippen LogP contribution in [0, 0.1) is 20.8 Å². The van der Waals surface area contributed by atoms with Crippen molar-refractivity contribution in [1.82, 2.24) is 20.2 Å². The summed E-state index contributed by atoms with van der Waals surface area (Å²) in [7, 11) is 0. The predicted octanol–water partition coefficient (Wildman–Crippen LogP) is 4.96. The number of rotatable bonds is 4. The van der Waals surface area contributed by atoms with Gasteiger partial charge in [0.1, 0.15) is 16.2 Å². The number of aryl methyl sites for hydroxylation is 3. The zero-order valence-electron chi connectivity index (χ0n) is 14.1. The highest BCUT2D eigenvalue weighted by Gasteiger charge is 2.14. The third kappa shape index (κ3) is 3.17. The highest BCUT2D eigenvalue weighted by atomic mass is 32.2. The van der Waals surface area contributed by atoms with Crippen LogP contribution in [0.4, 0.5) is 0 Å². The van der Waals surface area contributed by atoms with Crippen LogP contribution < -0.4 is 0 Å². The summed E-state index contributed by atoms with van der Waals surface area (Å²) in [6, 6.07) is 8.05. The van der Waals surface area contributed by atoms with Crippen LogP contribution in [-0.4, -0.2) is 20.2 Å². The molecular formula is C18H16N4OS2. The highest BCUT2D eigenvalue weighted by molar-refractivity contribution is 7.98. The van der Waals surface area contributed by atoms with Gasteiger partial charge in [0.25, 0.3) is 0 Å². The minimum atomic E-state index is 0.551. The Bertz CT molecular complexity index is 1050. The quantitative estimate of drug-likeness (QED) is 0.375. The number of benzene rings is 1. The second-order valence-electron chi connectivity index (χ2n) is 5.80. The Hall–Kier alpha value is -2.25. The number of thioether (sulfide) groups is 1. The second-order valence-corrected chi connectivity index (χ2v) is 7.97. The van der Waals surface area contributed by atoms with Crippen LogP contribution in [0.1, 0.15) is 21.9 Å². The van der Waals surface area contributed by atoms with E-state index in [2.05, 4.69) is 34.0 Å². The fourth-order valence-corrected chi connectivity index (χ4v) is 4.55. The largest absolute Gasteiger partial charge is 0.420 e. The van der Waals surface area contributed by atoms with Crippen molar-refractivity contribution in [3.8, 4) is 11.5 Å². The fourth-order valence-electron chi connectivity index (χ4n) is 2.60. The van der Waals surface area contributed by atoms with Gasteiger partial charge in [-0.2, -0.15) is 0 Å². The molecule has 0 fully saturated rings. The van der Waals surface area contributed by atoms with Gasteiger partial charge in [-0.1, -0.05) is 29.5 Å². The topological polar surface area (TPSA) is 64.7 Å². The van der Waals surface area contributed by atoms with E-state index in [0.717, 1.165) is 20.8 Å². The summed E-state index contributed by atoms with van der Waals surface area (Å²) in [6.07, 6.45) is 1.62. The van der Waals surface area contributed by atoms with E-state index >= 15 is 0 Å². The Morgan fingerprint density at radius 1 is 1.12 bits per heavy atom. The molecule has 0 bridgehead atoms. The molecule has 0 aliphatic heterocycles. The smallest absolute Gasteiger partial charge is 0.247 e. The van der Waals surface area contributed by atoms with Crippen molar-refractivity contribution in [2.75, 3.05) is 0 Å². The van der Waals surface area contributed by atoms with Crippen LogP contribution in [0.3, 0.4) is 0 Å². The number of aromatic nitrogens is 4. The lowest BCUT2D eigenvalue weighted by Gasteiger charge is -2.01. The number of hydrogen-bond acceptors (Lipinski definition) is 7. The Morgan fingerprint density at radius 2 is 2.00 bits per heavy atom. The van der Waals surface area contributed by atoms with Crippen molar-refractivity contribution in [2.24, 2.45) is 0 Å². The average Bonchev–Trinajstić information content (AvgIpc) is 3.19. The molecule has 4 aromatic rings. The summed E-state index contributed by atoms with van der Waals surface area (Å²) < 4.78 is 5.81. The van der Waals surface area contributed by atoms with Gasteiger partial charge in [-0.05, 0) is 38.5 Å². The van der Waals surface area contributed by atoms with E-state index in [-0.39, 0.29) is 0 Å². The number of fused-ring (bicyclic) bond motifs is 1. The summed E-state index contributed by atoms with van der Waals surface area (Å²) in [4.78, 5) is 11.1. The third-order valence-corrected chi connectivity index (χ3v) is 6.08. The molecule has 3 heterocycles. The SMILES string of the molecule is Cc1cccc(-c2nnc(CSc3ncnc4sc(C)c(C)c34)o2)c1. The Morgan fingerprint density at radius 3 is 2.84 bits per heavy atom. The summed E-state index contributed by atoms with van der Waals surface area (Å²) >= 11 is 3.30. The molecule has 0 unspecified atom stereocenters. The average molecular weight is 368 g/mol. The number of hydrogen-bond donors (Lipinski definition) is 0. The van der Waals surface area contributed by atoms with Gasteiger partial charge in [0.2, 0.25) is 11.8 Å². The zero-order valence-corrected chi connectivity index (χ0v) is 15.7. The molecule has 4 rings (SSSR count). The van der Waals surface area contributed by atoms with Gasteiger partial charge in [0.05, 0.1) is 5.75 Å². The van der Waals surface area contributed by atoms with Crippen LogP contribution in [0.25, 0.3) is 21.7 Å². The van der Waals surface area contributed by atoms with E-state index in [1.165, 1.54) is 16.0 Å². The van der Waals surface area contributed by atoms with E-state index in [9.17, 15) is 0 Å². The molecule has 25 heavy (non-hydrogen) atoms. The summed E-state index contributed by atoms with van der Waals surface area (Å²) in [6.45, 7) is 6.27. The number of nitrogens with zero attached hydrogens (tertiary/aromatic N) is 4. The van der Waals surface area contributed by atoms with Gasteiger partial charge >= 0.3 is 0 Å². The summed E-state index contributed by atoms with van der Waals surface area (Å²) in [5.74, 6) is 1.73. The van der Waals surface area contributed by atoms with Crippen LogP contribution in [0.2, 0.25) is 0 Å². The monoisotopic (exact) mass is 368 g/mol. The molecule has 0 aliphatic rings. The maximum Gasteiger partial charge on any atom is 0.247 e. The first-order chi connectivity index (χ1) is 12.1. The molecule has 5 nitrogen and oxygen atoms in total. The van der Waals surface area contributed by atoms with Crippen molar-refractivity contribution in [2.45, 2.75) is 31.6 Å². The first-order valence-electron chi connectivity index (χ1n) is 7.85. The van der Waals surface area contributed by atoms with Gasteiger partial charge < -0.3 is 4.42 Å². The molecule has 0 spiro atoms. The Labute approximate surface area is 153 Å². The van der Waals surface area contributed by atoms with E-state index in [1.54, 1.807) is 29.4 Å². The van der Waals surface area contributed by atoms with E-state index in [1.807, 2.05) is 31.2 Å². The van der Waals surface area contributed by atoms with Crippen LogP contribution in [0.15, 0.2) is 40.0 Å². The van der Waals surface area contributed by atoms with Crippen molar-refractivity contribution in [1.29, 1.82) is 0 Å². The lowest BCUT2D eigenvalue weighted by molar-refractivity contribution is 0.528. The molecule has 0 atom stereocenters. The van der Waals surface area contributed by atoms with Gasteiger partial charge in [0, 0.05) is 15.8 Å². The van der Waals surface area contributed by atoms with Gasteiger partial charge in [-0.25, -0.2) is 9.97 Å². The van der Waals surface area contributed by atoms with E-state index in [0.29, 0.717) is 17.5 Å². The van der Waals surface area contributed by atoms with Crippen LogP contribution in [0.5, 0.6) is 0 Å². The van der Waals surface area contributed by atoms with Crippen molar-refractivity contribution in [3.05, 3.63) is 52.5 Å². The molecule has 7 heteroatoms. The summed E-state index contributed by atoms with van der Waals surface area (Å²) in [5, 5.41) is 10.4. The Balaban J connectivity index is 1.57. The molecule has 0 amide bonds. The lowest BCUT2D eigenvalue weighted by Crippen LogP contribution is -1.87. The van der Waals surface area contributed by atoms with Crippen molar-refractivity contribution < 1.29 is 4.42 Å². The van der Waals surface area contributed by atoms with Crippen molar-refractivity contribution in [3.63, 3.8) is 0 Å². The molecule has 0 saturated carbocycles. The maximum absolute atomic E-state index is 5.81. The molecule has 3 aromatic heterocycles. The second kappa shape index (κ2) is 6.57. The first-order valence-corrected chi connectivity index (χ1v) is 9.65. The molecule has 126 valence electrons. The summed E-state index contributed by atoms with van der Waals surface area (Å²) in [5.41, 5.74) is 3.35. The van der Waals surface area contributed by atoms with Gasteiger partial charge in [-0.15, -0.1) is 21.5 Å². The minimum Gasteiger partial charge on any atom is -0.420 e. The minimum absolute atomic E-state index is 0.551. The normalized spacial score (nSPS) is 11.3.